The quantitative estimate of drug-likeness (QED) is 0.683. The number of aryl methyl sites for hydroxylation is 1. The van der Waals surface area contributed by atoms with E-state index in [1.54, 1.807) is 28.5 Å². The lowest BCUT2D eigenvalue weighted by Gasteiger charge is -2.18. The molecule has 24 heavy (non-hydrogen) atoms. The van der Waals surface area contributed by atoms with Gasteiger partial charge in [-0.15, -0.1) is 0 Å². The molecule has 1 atom stereocenters. The first-order valence-corrected chi connectivity index (χ1v) is 8.78. The van der Waals surface area contributed by atoms with Gasteiger partial charge in [0.25, 0.3) is 0 Å². The summed E-state index contributed by atoms with van der Waals surface area (Å²) in [6.45, 7) is 0.690. The van der Waals surface area contributed by atoms with Crippen molar-refractivity contribution in [3.05, 3.63) is 65.1 Å². The van der Waals surface area contributed by atoms with Gasteiger partial charge in [0.2, 0.25) is 5.91 Å². The molecule has 0 aromatic carbocycles. The summed E-state index contributed by atoms with van der Waals surface area (Å²) >= 11 is 1.66. The predicted molar refractivity (Wildman–Crippen MR) is 92.4 cm³/mol. The third kappa shape index (κ3) is 4.73. The molecular formula is C17H19N5OS. The fourth-order valence-corrected chi connectivity index (χ4v) is 3.18. The van der Waals surface area contributed by atoms with E-state index in [9.17, 15) is 4.79 Å². The second-order valence-electron chi connectivity index (χ2n) is 5.50. The van der Waals surface area contributed by atoms with Crippen LogP contribution in [-0.2, 0) is 17.8 Å². The minimum Gasteiger partial charge on any atom is -0.349 e. The maximum absolute atomic E-state index is 12.3. The zero-order chi connectivity index (χ0) is 16.6. The van der Waals surface area contributed by atoms with E-state index in [1.807, 2.05) is 18.3 Å². The van der Waals surface area contributed by atoms with Crippen molar-refractivity contribution in [3.63, 3.8) is 0 Å². The monoisotopic (exact) mass is 341 g/mol. The minimum atomic E-state index is -0.0628. The summed E-state index contributed by atoms with van der Waals surface area (Å²) in [5.41, 5.74) is 2.24. The maximum atomic E-state index is 12.3. The van der Waals surface area contributed by atoms with Crippen LogP contribution in [0.2, 0.25) is 0 Å². The molecule has 1 amide bonds. The summed E-state index contributed by atoms with van der Waals surface area (Å²) < 4.78 is 1.73. The molecule has 1 N–H and O–H groups in total. The first kappa shape index (κ1) is 16.3. The van der Waals surface area contributed by atoms with E-state index in [0.717, 1.165) is 18.4 Å². The number of carbonyl (C=O) groups is 1. The molecule has 3 aromatic rings. The standard InChI is InChI=1S/C17H19N5OS/c23-17(4-2-7-22-13-19-12-20-22)21-16(9-14-5-8-24-11-14)15-3-1-6-18-10-15/h1,3,5-6,8,10-13,16H,2,4,7,9H2,(H,21,23). The van der Waals surface area contributed by atoms with Gasteiger partial charge in [-0.05, 0) is 46.9 Å². The van der Waals surface area contributed by atoms with Gasteiger partial charge in [0, 0.05) is 25.4 Å². The summed E-state index contributed by atoms with van der Waals surface area (Å²) in [4.78, 5) is 20.4. The molecule has 124 valence electrons. The summed E-state index contributed by atoms with van der Waals surface area (Å²) in [6.07, 6.45) is 8.67. The zero-order valence-corrected chi connectivity index (χ0v) is 14.0. The number of thiophene rings is 1. The number of amides is 1. The molecular weight excluding hydrogens is 322 g/mol. The van der Waals surface area contributed by atoms with E-state index in [0.29, 0.717) is 13.0 Å². The van der Waals surface area contributed by atoms with E-state index in [1.165, 1.54) is 11.9 Å². The van der Waals surface area contributed by atoms with Crippen molar-refractivity contribution in [2.45, 2.75) is 31.8 Å². The van der Waals surface area contributed by atoms with Crippen molar-refractivity contribution < 1.29 is 4.79 Å². The molecule has 0 aliphatic heterocycles. The topological polar surface area (TPSA) is 72.7 Å². The molecule has 0 aliphatic carbocycles. The maximum Gasteiger partial charge on any atom is 0.220 e. The number of nitrogens with zero attached hydrogens (tertiary/aromatic N) is 4. The summed E-state index contributed by atoms with van der Waals surface area (Å²) in [7, 11) is 0. The molecule has 6 nitrogen and oxygen atoms in total. The summed E-state index contributed by atoms with van der Waals surface area (Å²) in [6, 6.07) is 5.92. The molecule has 0 saturated heterocycles. The van der Waals surface area contributed by atoms with Gasteiger partial charge in [-0.1, -0.05) is 6.07 Å². The van der Waals surface area contributed by atoms with Crippen LogP contribution in [0.25, 0.3) is 0 Å². The van der Waals surface area contributed by atoms with E-state index in [4.69, 9.17) is 0 Å². The van der Waals surface area contributed by atoms with Gasteiger partial charge in [-0.2, -0.15) is 16.4 Å². The van der Waals surface area contributed by atoms with Crippen LogP contribution in [-0.4, -0.2) is 25.7 Å². The zero-order valence-electron chi connectivity index (χ0n) is 13.2. The van der Waals surface area contributed by atoms with Crippen molar-refractivity contribution in [2.75, 3.05) is 0 Å². The smallest absolute Gasteiger partial charge is 0.220 e. The summed E-state index contributed by atoms with van der Waals surface area (Å²) in [5, 5.41) is 11.3. The van der Waals surface area contributed by atoms with Crippen molar-refractivity contribution in [2.24, 2.45) is 0 Å². The Balaban J connectivity index is 1.57. The Morgan fingerprint density at radius 3 is 3.00 bits per heavy atom. The van der Waals surface area contributed by atoms with Gasteiger partial charge in [-0.3, -0.25) is 14.5 Å². The Labute approximate surface area is 144 Å². The van der Waals surface area contributed by atoms with E-state index < -0.39 is 0 Å². The van der Waals surface area contributed by atoms with Gasteiger partial charge >= 0.3 is 0 Å². The highest BCUT2D eigenvalue weighted by molar-refractivity contribution is 7.07. The fraction of sp³-hybridized carbons (Fsp3) is 0.294. The van der Waals surface area contributed by atoms with Crippen LogP contribution >= 0.6 is 11.3 Å². The average Bonchev–Trinajstić information content (AvgIpc) is 3.29. The minimum absolute atomic E-state index is 0.0409. The Kier molecular flexibility index (Phi) is 5.68. The largest absolute Gasteiger partial charge is 0.349 e. The molecule has 1 unspecified atom stereocenters. The highest BCUT2D eigenvalue weighted by atomic mass is 32.1. The van der Waals surface area contributed by atoms with Crippen molar-refractivity contribution >= 4 is 17.2 Å². The molecule has 3 heterocycles. The number of nitrogens with one attached hydrogen (secondary N) is 1. The van der Waals surface area contributed by atoms with E-state index >= 15 is 0 Å². The molecule has 0 bridgehead atoms. The van der Waals surface area contributed by atoms with Crippen molar-refractivity contribution in [1.82, 2.24) is 25.1 Å². The molecule has 3 aromatic heterocycles. The highest BCUT2D eigenvalue weighted by Crippen LogP contribution is 2.19. The third-order valence-electron chi connectivity index (χ3n) is 3.70. The lowest BCUT2D eigenvalue weighted by molar-refractivity contribution is -0.122. The van der Waals surface area contributed by atoms with Gasteiger partial charge < -0.3 is 5.32 Å². The molecule has 7 heteroatoms. The van der Waals surface area contributed by atoms with Crippen LogP contribution in [0.3, 0.4) is 0 Å². The number of pyridine rings is 1. The first-order valence-electron chi connectivity index (χ1n) is 7.84. The molecule has 0 radical (unpaired) electrons. The van der Waals surface area contributed by atoms with E-state index in [-0.39, 0.29) is 11.9 Å². The van der Waals surface area contributed by atoms with Gasteiger partial charge in [-0.25, -0.2) is 4.98 Å². The lowest BCUT2D eigenvalue weighted by atomic mass is 10.0. The Morgan fingerprint density at radius 2 is 2.29 bits per heavy atom. The van der Waals surface area contributed by atoms with Crippen molar-refractivity contribution in [1.29, 1.82) is 0 Å². The molecule has 0 fully saturated rings. The SMILES string of the molecule is O=C(CCCn1cncn1)NC(Cc1ccsc1)c1cccnc1. The number of rotatable bonds is 8. The van der Waals surface area contributed by atoms with Crippen LogP contribution < -0.4 is 5.32 Å². The normalized spacial score (nSPS) is 12.0. The number of hydrogen-bond donors (Lipinski definition) is 1. The molecule has 0 aliphatic rings. The van der Waals surface area contributed by atoms with Crippen LogP contribution in [0.1, 0.15) is 30.0 Å². The fourth-order valence-electron chi connectivity index (χ4n) is 2.50. The lowest BCUT2D eigenvalue weighted by Crippen LogP contribution is -2.30. The van der Waals surface area contributed by atoms with Gasteiger partial charge in [0.05, 0.1) is 6.04 Å². The van der Waals surface area contributed by atoms with E-state index in [2.05, 4.69) is 37.2 Å². The first-order chi connectivity index (χ1) is 11.8. The van der Waals surface area contributed by atoms with Gasteiger partial charge in [0.15, 0.2) is 0 Å². The Hall–Kier alpha value is -2.54. The second-order valence-corrected chi connectivity index (χ2v) is 6.28. The van der Waals surface area contributed by atoms with Crippen LogP contribution in [0.4, 0.5) is 0 Å². The average molecular weight is 341 g/mol. The Morgan fingerprint density at radius 1 is 1.33 bits per heavy atom. The second kappa shape index (κ2) is 8.35. The molecule has 3 rings (SSSR count). The summed E-state index contributed by atoms with van der Waals surface area (Å²) in [5.74, 6) is 0.0409. The Bertz CT molecular complexity index is 728. The predicted octanol–water partition coefficient (Wildman–Crippen LogP) is 2.62. The van der Waals surface area contributed by atoms with Crippen LogP contribution in [0, 0.1) is 0 Å². The van der Waals surface area contributed by atoms with Crippen LogP contribution in [0.5, 0.6) is 0 Å². The molecule has 0 saturated carbocycles. The third-order valence-corrected chi connectivity index (χ3v) is 4.43. The van der Waals surface area contributed by atoms with Crippen LogP contribution in [0.15, 0.2) is 54.0 Å². The molecule has 0 spiro atoms. The van der Waals surface area contributed by atoms with Gasteiger partial charge in [0.1, 0.15) is 12.7 Å². The highest BCUT2D eigenvalue weighted by Gasteiger charge is 2.15. The van der Waals surface area contributed by atoms with Crippen molar-refractivity contribution in [3.8, 4) is 0 Å². The number of hydrogen-bond acceptors (Lipinski definition) is 5. The number of carbonyl (C=O) groups excluding carboxylic acids is 1. The number of aromatic nitrogens is 4.